The summed E-state index contributed by atoms with van der Waals surface area (Å²) in [6.07, 6.45) is 0. The number of nitro groups is 1. The summed E-state index contributed by atoms with van der Waals surface area (Å²) in [6.45, 7) is 0. The number of methoxy groups -OCH3 is 1. The molecule has 0 fully saturated rings. The lowest BCUT2D eigenvalue weighted by Gasteiger charge is -2.06. The highest BCUT2D eigenvalue weighted by atomic mass is 32.2. The number of rotatable bonds is 4. The molecule has 20 heavy (non-hydrogen) atoms. The first-order valence-electron chi connectivity index (χ1n) is 5.65. The van der Waals surface area contributed by atoms with Gasteiger partial charge in [-0.15, -0.1) is 0 Å². The Balaban J connectivity index is 2.41. The largest absolute Gasteiger partial charge is 0.497 e. The molecule has 0 heterocycles. The number of hydrogen-bond donors (Lipinski definition) is 0. The average molecular weight is 286 g/mol. The third-order valence-corrected chi connectivity index (χ3v) is 3.63. The van der Waals surface area contributed by atoms with E-state index in [0.29, 0.717) is 10.6 Å². The first-order valence-corrected chi connectivity index (χ1v) is 6.46. The molecule has 2 aromatic carbocycles. The molecule has 0 aliphatic heterocycles. The van der Waals surface area contributed by atoms with Crippen molar-refractivity contribution in [3.05, 3.63) is 58.1 Å². The lowest BCUT2D eigenvalue weighted by molar-refractivity contribution is -0.385. The Kier molecular flexibility index (Phi) is 4.23. The zero-order chi connectivity index (χ0) is 14.5. The van der Waals surface area contributed by atoms with E-state index in [1.165, 1.54) is 17.8 Å². The molecular weight excluding hydrogens is 276 g/mol. The topological polar surface area (TPSA) is 76.2 Å². The normalized spacial score (nSPS) is 9.80. The summed E-state index contributed by atoms with van der Waals surface area (Å²) in [5.74, 6) is 0.693. The molecule has 0 aromatic heterocycles. The van der Waals surface area contributed by atoms with E-state index in [0.717, 1.165) is 4.90 Å². The van der Waals surface area contributed by atoms with Crippen LogP contribution in [-0.2, 0) is 0 Å². The quantitative estimate of drug-likeness (QED) is 0.633. The Morgan fingerprint density at radius 3 is 2.70 bits per heavy atom. The fraction of sp³-hybridized carbons (Fsp3) is 0.0714. The van der Waals surface area contributed by atoms with Crippen molar-refractivity contribution in [2.45, 2.75) is 9.79 Å². The Labute approximate surface area is 120 Å². The Morgan fingerprint density at radius 2 is 2.05 bits per heavy atom. The van der Waals surface area contributed by atoms with Crippen molar-refractivity contribution in [3.63, 3.8) is 0 Å². The predicted molar refractivity (Wildman–Crippen MR) is 74.9 cm³/mol. The minimum Gasteiger partial charge on any atom is -0.497 e. The molecule has 0 saturated heterocycles. The van der Waals surface area contributed by atoms with Gasteiger partial charge in [0.25, 0.3) is 5.69 Å². The van der Waals surface area contributed by atoms with Crippen molar-refractivity contribution in [1.82, 2.24) is 0 Å². The monoisotopic (exact) mass is 286 g/mol. The highest BCUT2D eigenvalue weighted by Gasteiger charge is 2.17. The molecule has 0 aliphatic rings. The van der Waals surface area contributed by atoms with Crippen LogP contribution in [0, 0.1) is 21.4 Å². The van der Waals surface area contributed by atoms with Crippen LogP contribution in [0.25, 0.3) is 0 Å². The van der Waals surface area contributed by atoms with E-state index < -0.39 is 4.92 Å². The molecule has 0 radical (unpaired) electrons. The van der Waals surface area contributed by atoms with Crippen molar-refractivity contribution in [3.8, 4) is 11.8 Å². The fourth-order valence-corrected chi connectivity index (χ4v) is 2.64. The molecular formula is C14H10N2O3S. The van der Waals surface area contributed by atoms with Crippen molar-refractivity contribution >= 4 is 17.4 Å². The van der Waals surface area contributed by atoms with E-state index in [1.807, 2.05) is 30.3 Å². The first kappa shape index (κ1) is 13.9. The second kappa shape index (κ2) is 6.08. The maximum absolute atomic E-state index is 10.9. The van der Waals surface area contributed by atoms with Crippen molar-refractivity contribution in [2.75, 3.05) is 7.11 Å². The summed E-state index contributed by atoms with van der Waals surface area (Å²) < 4.78 is 5.12. The second-order valence-electron chi connectivity index (χ2n) is 3.80. The van der Waals surface area contributed by atoms with Crippen molar-refractivity contribution in [2.24, 2.45) is 0 Å². The summed E-state index contributed by atoms with van der Waals surface area (Å²) in [6, 6.07) is 13.8. The van der Waals surface area contributed by atoms with E-state index in [1.54, 1.807) is 19.2 Å². The minimum atomic E-state index is -0.547. The maximum atomic E-state index is 10.9. The molecule has 5 nitrogen and oxygen atoms in total. The number of ether oxygens (including phenoxy) is 1. The van der Waals surface area contributed by atoms with Crippen LogP contribution in [-0.4, -0.2) is 12.0 Å². The lowest BCUT2D eigenvalue weighted by Crippen LogP contribution is -1.93. The Hall–Kier alpha value is -2.52. The zero-order valence-electron chi connectivity index (χ0n) is 10.6. The Morgan fingerprint density at radius 1 is 1.30 bits per heavy atom. The number of hydrogen-bond acceptors (Lipinski definition) is 5. The average Bonchev–Trinajstić information content (AvgIpc) is 2.47. The van der Waals surface area contributed by atoms with E-state index >= 15 is 0 Å². The van der Waals surface area contributed by atoms with Crippen LogP contribution in [0.4, 0.5) is 5.69 Å². The molecule has 6 heteroatoms. The van der Waals surface area contributed by atoms with Crippen LogP contribution >= 0.6 is 11.8 Å². The van der Waals surface area contributed by atoms with Gasteiger partial charge in [-0.25, -0.2) is 0 Å². The smallest absolute Gasteiger partial charge is 0.288 e. The minimum absolute atomic E-state index is 0.0744. The lowest BCUT2D eigenvalue weighted by atomic mass is 10.2. The third kappa shape index (κ3) is 2.90. The van der Waals surface area contributed by atoms with E-state index in [-0.39, 0.29) is 11.3 Å². The number of benzene rings is 2. The molecule has 2 aromatic rings. The van der Waals surface area contributed by atoms with Gasteiger partial charge in [0.15, 0.2) is 0 Å². The van der Waals surface area contributed by atoms with Gasteiger partial charge in [0.2, 0.25) is 0 Å². The van der Waals surface area contributed by atoms with Gasteiger partial charge in [-0.1, -0.05) is 23.9 Å². The van der Waals surface area contributed by atoms with Gasteiger partial charge in [0, 0.05) is 15.9 Å². The maximum Gasteiger partial charge on any atom is 0.288 e. The molecule has 0 saturated carbocycles. The first-order chi connectivity index (χ1) is 9.65. The Bertz CT molecular complexity index is 695. The summed E-state index contributed by atoms with van der Waals surface area (Å²) >= 11 is 1.29. The SMILES string of the molecule is COc1cccc(Sc2cccc([N+](=O)[O-])c2C#N)c1. The summed E-state index contributed by atoms with van der Waals surface area (Å²) in [5, 5.41) is 20.0. The van der Waals surface area contributed by atoms with Crippen LogP contribution in [0.3, 0.4) is 0 Å². The third-order valence-electron chi connectivity index (χ3n) is 2.58. The van der Waals surface area contributed by atoms with Gasteiger partial charge in [-0.2, -0.15) is 5.26 Å². The second-order valence-corrected chi connectivity index (χ2v) is 4.92. The molecule has 0 bridgehead atoms. The zero-order valence-corrected chi connectivity index (χ0v) is 11.4. The highest BCUT2D eigenvalue weighted by molar-refractivity contribution is 7.99. The molecule has 0 spiro atoms. The van der Waals surface area contributed by atoms with Gasteiger partial charge < -0.3 is 4.74 Å². The van der Waals surface area contributed by atoms with Crippen molar-refractivity contribution < 1.29 is 9.66 Å². The van der Waals surface area contributed by atoms with E-state index in [4.69, 9.17) is 10.00 Å². The van der Waals surface area contributed by atoms with Gasteiger partial charge in [-0.3, -0.25) is 10.1 Å². The van der Waals surface area contributed by atoms with Crippen LogP contribution in [0.1, 0.15) is 5.56 Å². The molecule has 2 rings (SSSR count). The molecule has 0 atom stereocenters. The van der Waals surface area contributed by atoms with Gasteiger partial charge in [0.05, 0.1) is 12.0 Å². The summed E-state index contributed by atoms with van der Waals surface area (Å²) in [5.41, 5.74) is -0.106. The summed E-state index contributed by atoms with van der Waals surface area (Å²) in [4.78, 5) is 11.8. The predicted octanol–water partition coefficient (Wildman–Crippen LogP) is 3.63. The van der Waals surface area contributed by atoms with Crippen LogP contribution in [0.15, 0.2) is 52.3 Å². The molecule has 0 N–H and O–H groups in total. The van der Waals surface area contributed by atoms with Gasteiger partial charge in [-0.05, 0) is 24.3 Å². The summed E-state index contributed by atoms with van der Waals surface area (Å²) in [7, 11) is 1.57. The van der Waals surface area contributed by atoms with Crippen molar-refractivity contribution in [1.29, 1.82) is 5.26 Å². The number of nitro benzene ring substituents is 1. The number of nitrogens with zero attached hydrogens (tertiary/aromatic N) is 2. The highest BCUT2D eigenvalue weighted by Crippen LogP contribution is 2.35. The van der Waals surface area contributed by atoms with Gasteiger partial charge >= 0.3 is 0 Å². The fourth-order valence-electron chi connectivity index (χ4n) is 1.66. The van der Waals surface area contributed by atoms with E-state index in [9.17, 15) is 10.1 Å². The standard InChI is InChI=1S/C14H10N2O3S/c1-19-10-4-2-5-11(8-10)20-14-7-3-6-13(16(17)18)12(14)9-15/h2-8H,1H3. The van der Waals surface area contributed by atoms with Crippen LogP contribution in [0.2, 0.25) is 0 Å². The van der Waals surface area contributed by atoms with E-state index in [2.05, 4.69) is 0 Å². The molecule has 0 amide bonds. The molecule has 100 valence electrons. The molecule has 0 aliphatic carbocycles. The van der Waals surface area contributed by atoms with Gasteiger partial charge in [0.1, 0.15) is 17.4 Å². The van der Waals surface area contributed by atoms with Crippen LogP contribution < -0.4 is 4.74 Å². The number of nitriles is 1. The molecule has 0 unspecified atom stereocenters. The van der Waals surface area contributed by atoms with Crippen LogP contribution in [0.5, 0.6) is 5.75 Å².